The van der Waals surface area contributed by atoms with E-state index in [0.717, 1.165) is 32.1 Å². The summed E-state index contributed by atoms with van der Waals surface area (Å²) in [6.07, 6.45) is 4.57. The first-order valence-electron chi connectivity index (χ1n) is 11.8. The number of pyridine rings is 1. The fourth-order valence-electron chi connectivity index (χ4n) is 6.59. The molecule has 4 saturated carbocycles. The minimum absolute atomic E-state index is 0.0321. The first-order chi connectivity index (χ1) is 16.4. The summed E-state index contributed by atoms with van der Waals surface area (Å²) in [4.78, 5) is 30.0. The zero-order valence-electron chi connectivity index (χ0n) is 18.9. The zero-order valence-corrected chi connectivity index (χ0v) is 18.9. The number of aliphatic hydroxyl groups excluding tert-OH is 1. The molecule has 1 aromatic heterocycles. The molecule has 9 heteroatoms. The average molecular weight is 469 g/mol. The summed E-state index contributed by atoms with van der Waals surface area (Å²) in [5, 5.41) is 18.2. The number of benzene rings is 1. The maximum absolute atomic E-state index is 13.6. The van der Waals surface area contributed by atoms with Gasteiger partial charge in [0.1, 0.15) is 11.6 Å². The van der Waals surface area contributed by atoms with E-state index < -0.39 is 23.0 Å². The number of halogens is 1. The molecule has 4 aliphatic carbocycles. The molecule has 2 atom stereocenters. The summed E-state index contributed by atoms with van der Waals surface area (Å²) >= 11 is 0. The first-order valence-corrected chi connectivity index (χ1v) is 11.8. The lowest BCUT2D eigenvalue weighted by molar-refractivity contribution is -0.0449. The average Bonchev–Trinajstić information content (AvgIpc) is 2.76. The van der Waals surface area contributed by atoms with Crippen LogP contribution >= 0.6 is 0 Å². The van der Waals surface area contributed by atoms with Gasteiger partial charge >= 0.3 is 6.09 Å². The number of rotatable bonds is 7. The number of anilines is 1. The number of aromatic nitrogens is 1. The van der Waals surface area contributed by atoms with Crippen LogP contribution in [0.4, 0.5) is 15.0 Å². The van der Waals surface area contributed by atoms with E-state index in [1.807, 2.05) is 0 Å². The molecule has 4 N–H and O–H groups in total. The molecule has 6 rings (SSSR count). The number of aliphatic hydroxyl groups is 1. The highest BCUT2D eigenvalue weighted by Gasteiger charge is 2.59. The standard InChI is InChI=1S/C25H29FN4O4/c26-19-4-1-3-18(10-19)22(32)29-24-11-16-9-17(12-24)14-25(13-16,15-24)30-23(33)34-21-6-2-5-20(28-21)27-7-8-31/h1-6,10,16-17,31H,7-9,11-15H2,(H,27,28)(H,29,32)(H,30,33). The van der Waals surface area contributed by atoms with Gasteiger partial charge in [0.25, 0.3) is 5.91 Å². The molecule has 2 amide bonds. The van der Waals surface area contributed by atoms with E-state index in [4.69, 9.17) is 9.84 Å². The molecule has 2 unspecified atom stereocenters. The molecule has 34 heavy (non-hydrogen) atoms. The smallest absolute Gasteiger partial charge is 0.395 e. The number of nitrogens with zero attached hydrogens (tertiary/aromatic N) is 1. The summed E-state index contributed by atoms with van der Waals surface area (Å²) in [7, 11) is 0. The van der Waals surface area contributed by atoms with Crippen molar-refractivity contribution in [3.05, 3.63) is 53.8 Å². The number of nitrogens with one attached hydrogen (secondary N) is 3. The van der Waals surface area contributed by atoms with Crippen LogP contribution in [-0.2, 0) is 0 Å². The SMILES string of the molecule is O=C(NC12CC3CC(C1)CC(NC(=O)c1cccc(F)c1)(C3)C2)Oc1cccc(NCCO)n1. The van der Waals surface area contributed by atoms with Gasteiger partial charge in [0.15, 0.2) is 0 Å². The Balaban J connectivity index is 1.28. The van der Waals surface area contributed by atoms with Crippen molar-refractivity contribution in [1.82, 2.24) is 15.6 Å². The minimum Gasteiger partial charge on any atom is -0.395 e. The Labute approximate surface area is 197 Å². The Hall–Kier alpha value is -3.20. The second kappa shape index (κ2) is 8.87. The third-order valence-corrected chi connectivity index (χ3v) is 7.23. The van der Waals surface area contributed by atoms with Crippen molar-refractivity contribution in [3.63, 3.8) is 0 Å². The topological polar surface area (TPSA) is 113 Å². The van der Waals surface area contributed by atoms with Gasteiger partial charge in [0.05, 0.1) is 6.61 Å². The van der Waals surface area contributed by atoms with E-state index in [0.29, 0.717) is 36.2 Å². The van der Waals surface area contributed by atoms with Gasteiger partial charge in [-0.15, -0.1) is 0 Å². The molecule has 4 fully saturated rings. The van der Waals surface area contributed by atoms with Crippen molar-refractivity contribution in [1.29, 1.82) is 0 Å². The third kappa shape index (κ3) is 4.70. The number of hydrogen-bond donors (Lipinski definition) is 4. The van der Waals surface area contributed by atoms with Gasteiger partial charge in [-0.25, -0.2) is 9.18 Å². The van der Waals surface area contributed by atoms with Crippen LogP contribution in [0.1, 0.15) is 48.9 Å². The molecule has 0 aliphatic heterocycles. The van der Waals surface area contributed by atoms with Crippen molar-refractivity contribution in [2.75, 3.05) is 18.5 Å². The molecule has 4 aliphatic rings. The molecule has 1 heterocycles. The predicted molar refractivity (Wildman–Crippen MR) is 123 cm³/mol. The molecule has 8 nitrogen and oxygen atoms in total. The molecule has 0 spiro atoms. The largest absolute Gasteiger partial charge is 0.414 e. The van der Waals surface area contributed by atoms with Crippen LogP contribution in [0.5, 0.6) is 5.88 Å². The number of amides is 2. The first kappa shape index (κ1) is 22.6. The molecule has 2 aromatic rings. The molecule has 0 saturated heterocycles. The second-order valence-electron chi connectivity index (χ2n) is 10.0. The van der Waals surface area contributed by atoms with Gasteiger partial charge in [0, 0.05) is 29.3 Å². The molecular weight excluding hydrogens is 439 g/mol. The highest BCUT2D eigenvalue weighted by molar-refractivity contribution is 5.94. The summed E-state index contributed by atoms with van der Waals surface area (Å²) in [6, 6.07) is 10.8. The van der Waals surface area contributed by atoms with Gasteiger partial charge in [-0.05, 0) is 74.6 Å². The summed E-state index contributed by atoms with van der Waals surface area (Å²) in [5.74, 6) is 0.753. The van der Waals surface area contributed by atoms with E-state index in [1.54, 1.807) is 24.3 Å². The number of carbonyl (C=O) groups is 2. The van der Waals surface area contributed by atoms with Crippen LogP contribution in [0.25, 0.3) is 0 Å². The Morgan fingerprint density at radius 3 is 2.47 bits per heavy atom. The van der Waals surface area contributed by atoms with Gasteiger partial charge < -0.3 is 25.8 Å². The zero-order chi connectivity index (χ0) is 23.8. The van der Waals surface area contributed by atoms with E-state index in [1.165, 1.54) is 18.2 Å². The summed E-state index contributed by atoms with van der Waals surface area (Å²) in [5.41, 5.74) is -0.575. The number of carbonyl (C=O) groups excluding carboxylic acids is 2. The van der Waals surface area contributed by atoms with Crippen LogP contribution in [-0.4, -0.2) is 46.3 Å². The lowest BCUT2D eigenvalue weighted by Crippen LogP contribution is -2.70. The predicted octanol–water partition coefficient (Wildman–Crippen LogP) is 3.23. The van der Waals surface area contributed by atoms with Crippen molar-refractivity contribution in [2.24, 2.45) is 11.8 Å². The van der Waals surface area contributed by atoms with Crippen molar-refractivity contribution >= 4 is 17.8 Å². The van der Waals surface area contributed by atoms with Gasteiger partial charge in [-0.1, -0.05) is 12.1 Å². The fraction of sp³-hybridized carbons (Fsp3) is 0.480. The molecular formula is C25H29FN4O4. The number of hydrogen-bond acceptors (Lipinski definition) is 6. The molecule has 4 bridgehead atoms. The van der Waals surface area contributed by atoms with Crippen molar-refractivity contribution in [3.8, 4) is 5.88 Å². The highest BCUT2D eigenvalue weighted by Crippen LogP contribution is 2.57. The second-order valence-corrected chi connectivity index (χ2v) is 10.0. The normalized spacial score (nSPS) is 28.9. The fourth-order valence-corrected chi connectivity index (χ4v) is 6.59. The third-order valence-electron chi connectivity index (χ3n) is 7.23. The van der Waals surface area contributed by atoms with Crippen LogP contribution < -0.4 is 20.7 Å². The highest BCUT2D eigenvalue weighted by atomic mass is 19.1. The van der Waals surface area contributed by atoms with Crippen molar-refractivity contribution < 1.29 is 23.8 Å². The maximum atomic E-state index is 13.6. The van der Waals surface area contributed by atoms with E-state index in [2.05, 4.69) is 20.9 Å². The molecule has 0 radical (unpaired) electrons. The van der Waals surface area contributed by atoms with Crippen LogP contribution in [0.15, 0.2) is 42.5 Å². The Bertz CT molecular complexity index is 1080. The quantitative estimate of drug-likeness (QED) is 0.496. The van der Waals surface area contributed by atoms with Gasteiger partial charge in [0.2, 0.25) is 5.88 Å². The van der Waals surface area contributed by atoms with E-state index in [9.17, 15) is 14.0 Å². The van der Waals surface area contributed by atoms with E-state index >= 15 is 0 Å². The van der Waals surface area contributed by atoms with Crippen LogP contribution in [0, 0.1) is 17.7 Å². The van der Waals surface area contributed by atoms with Gasteiger partial charge in [-0.2, -0.15) is 4.98 Å². The molecule has 180 valence electrons. The Morgan fingerprint density at radius 2 is 1.76 bits per heavy atom. The lowest BCUT2D eigenvalue weighted by atomic mass is 9.50. The summed E-state index contributed by atoms with van der Waals surface area (Å²) in [6.45, 7) is 0.313. The summed E-state index contributed by atoms with van der Waals surface area (Å²) < 4.78 is 19.1. The molecule has 1 aromatic carbocycles. The Kier molecular flexibility index (Phi) is 5.89. The number of ether oxygens (including phenoxy) is 1. The van der Waals surface area contributed by atoms with Crippen LogP contribution in [0.2, 0.25) is 0 Å². The maximum Gasteiger partial charge on any atom is 0.414 e. The van der Waals surface area contributed by atoms with Crippen LogP contribution in [0.3, 0.4) is 0 Å². The van der Waals surface area contributed by atoms with Crippen molar-refractivity contribution in [2.45, 2.75) is 49.6 Å². The lowest BCUT2D eigenvalue weighted by Gasteiger charge is -2.62. The monoisotopic (exact) mass is 468 g/mol. The Morgan fingerprint density at radius 1 is 1.06 bits per heavy atom. The van der Waals surface area contributed by atoms with E-state index in [-0.39, 0.29) is 18.4 Å². The van der Waals surface area contributed by atoms with Gasteiger partial charge in [-0.3, -0.25) is 4.79 Å². The minimum atomic E-state index is -0.569.